The zero-order valence-electron chi connectivity index (χ0n) is 12.7. The fraction of sp³-hybridized carbons (Fsp3) is 0.211. The number of likely N-dealkylation sites (N-methyl/N-ethyl adjacent to an activating group) is 1. The summed E-state index contributed by atoms with van der Waals surface area (Å²) >= 11 is 0. The molecular weight excluding hydrogens is 258 g/mol. The first-order chi connectivity index (χ1) is 10.2. The van der Waals surface area contributed by atoms with Crippen LogP contribution in [-0.4, -0.2) is 17.4 Å². The van der Waals surface area contributed by atoms with Crippen LogP contribution in [-0.2, 0) is 4.79 Å². The largest absolute Gasteiger partial charge is 0.312 e. The van der Waals surface area contributed by atoms with E-state index in [9.17, 15) is 4.79 Å². The van der Waals surface area contributed by atoms with Crippen molar-refractivity contribution < 1.29 is 4.79 Å². The van der Waals surface area contributed by atoms with Gasteiger partial charge in [-0.3, -0.25) is 4.79 Å². The molecule has 1 aliphatic rings. The van der Waals surface area contributed by atoms with Crippen molar-refractivity contribution in [3.63, 3.8) is 0 Å². The Bertz CT molecular complexity index is 620. The molecule has 0 atom stereocenters. The first kappa shape index (κ1) is 15.0. The van der Waals surface area contributed by atoms with E-state index >= 15 is 0 Å². The minimum Gasteiger partial charge on any atom is -0.312 e. The highest BCUT2D eigenvalue weighted by molar-refractivity contribution is 5.91. The highest BCUT2D eigenvalue weighted by atomic mass is 16.2. The zero-order chi connectivity index (χ0) is 15.2. The number of nitrogens with zero attached hydrogens (tertiary/aromatic N) is 1. The fourth-order valence-electron chi connectivity index (χ4n) is 2.62. The maximum atomic E-state index is 12.3. The van der Waals surface area contributed by atoms with Crippen molar-refractivity contribution in [2.45, 2.75) is 20.3 Å². The van der Waals surface area contributed by atoms with E-state index in [1.165, 1.54) is 0 Å². The molecule has 1 aliphatic heterocycles. The van der Waals surface area contributed by atoms with E-state index in [0.29, 0.717) is 13.0 Å². The lowest BCUT2D eigenvalue weighted by molar-refractivity contribution is -0.127. The van der Waals surface area contributed by atoms with Crippen molar-refractivity contribution >= 4 is 11.5 Å². The van der Waals surface area contributed by atoms with Crippen LogP contribution >= 0.6 is 0 Å². The van der Waals surface area contributed by atoms with Gasteiger partial charge in [-0.05, 0) is 31.1 Å². The number of hydrogen-bond acceptors (Lipinski definition) is 1. The Morgan fingerprint density at radius 2 is 2.00 bits per heavy atom. The molecule has 0 saturated carbocycles. The van der Waals surface area contributed by atoms with Crippen molar-refractivity contribution in [1.82, 2.24) is 4.90 Å². The summed E-state index contributed by atoms with van der Waals surface area (Å²) < 4.78 is 0. The van der Waals surface area contributed by atoms with Gasteiger partial charge in [0.1, 0.15) is 0 Å². The molecule has 1 amide bonds. The Morgan fingerprint density at radius 1 is 1.29 bits per heavy atom. The summed E-state index contributed by atoms with van der Waals surface area (Å²) in [7, 11) is 0. The summed E-state index contributed by atoms with van der Waals surface area (Å²) in [6.45, 7) is 8.57. The maximum Gasteiger partial charge on any atom is 0.230 e. The van der Waals surface area contributed by atoms with E-state index in [1.54, 1.807) is 0 Å². The number of hydrogen-bond donors (Lipinski definition) is 0. The lowest BCUT2D eigenvalue weighted by Crippen LogP contribution is -2.28. The Kier molecular flexibility index (Phi) is 4.94. The zero-order valence-corrected chi connectivity index (χ0v) is 12.7. The van der Waals surface area contributed by atoms with E-state index in [1.807, 2.05) is 61.3 Å². The topological polar surface area (TPSA) is 20.3 Å². The molecule has 2 heteroatoms. The molecule has 0 aromatic heterocycles. The van der Waals surface area contributed by atoms with Gasteiger partial charge in [0.05, 0.1) is 5.70 Å². The molecule has 1 aromatic rings. The summed E-state index contributed by atoms with van der Waals surface area (Å²) in [4.78, 5) is 14.2. The summed E-state index contributed by atoms with van der Waals surface area (Å²) in [6, 6.07) is 10.1. The molecule has 0 aliphatic carbocycles. The van der Waals surface area contributed by atoms with Crippen molar-refractivity contribution in [3.8, 4) is 0 Å². The van der Waals surface area contributed by atoms with Gasteiger partial charge in [0, 0.05) is 18.5 Å². The quantitative estimate of drug-likeness (QED) is 0.803. The van der Waals surface area contributed by atoms with Gasteiger partial charge >= 0.3 is 0 Å². The second-order valence-electron chi connectivity index (χ2n) is 4.83. The van der Waals surface area contributed by atoms with E-state index in [2.05, 4.69) is 18.7 Å². The van der Waals surface area contributed by atoms with Crippen LogP contribution in [0.15, 0.2) is 72.5 Å². The van der Waals surface area contributed by atoms with Crippen LogP contribution in [0, 0.1) is 0 Å². The van der Waals surface area contributed by atoms with Crippen LogP contribution in [0.25, 0.3) is 5.57 Å². The number of allylic oxidation sites excluding steroid dienone is 5. The predicted molar refractivity (Wildman–Crippen MR) is 88.5 cm³/mol. The SMILES string of the molecule is C=CC1=C(/C=C\C)N(CC)C(=O)CC=C1c1ccccc1. The van der Waals surface area contributed by atoms with Gasteiger partial charge < -0.3 is 4.90 Å². The molecule has 21 heavy (non-hydrogen) atoms. The summed E-state index contributed by atoms with van der Waals surface area (Å²) in [5, 5.41) is 0. The van der Waals surface area contributed by atoms with Gasteiger partial charge in [-0.25, -0.2) is 0 Å². The average molecular weight is 279 g/mol. The van der Waals surface area contributed by atoms with Crippen LogP contribution in [0.2, 0.25) is 0 Å². The number of rotatable bonds is 4. The monoisotopic (exact) mass is 279 g/mol. The summed E-state index contributed by atoms with van der Waals surface area (Å²) in [5.41, 5.74) is 4.11. The number of carbonyl (C=O) groups excluding carboxylic acids is 1. The van der Waals surface area contributed by atoms with Crippen molar-refractivity contribution in [3.05, 3.63) is 78.0 Å². The first-order valence-corrected chi connectivity index (χ1v) is 7.28. The Balaban J connectivity index is 2.66. The third-order valence-electron chi connectivity index (χ3n) is 3.57. The van der Waals surface area contributed by atoms with Gasteiger partial charge in [-0.1, -0.05) is 55.1 Å². The molecule has 0 N–H and O–H groups in total. The molecular formula is C19H21NO. The second kappa shape index (κ2) is 6.89. The highest BCUT2D eigenvalue weighted by Gasteiger charge is 2.22. The fourth-order valence-corrected chi connectivity index (χ4v) is 2.62. The smallest absolute Gasteiger partial charge is 0.230 e. The van der Waals surface area contributed by atoms with Crippen LogP contribution in [0.5, 0.6) is 0 Å². The summed E-state index contributed by atoms with van der Waals surface area (Å²) in [5.74, 6) is 0.121. The van der Waals surface area contributed by atoms with Gasteiger partial charge in [0.25, 0.3) is 0 Å². The standard InChI is InChI=1S/C19H21NO/c1-4-10-18-16(5-2)17(15-11-8-7-9-12-15)13-14-19(21)20(18)6-3/h4-5,7-13H,2,6,14H2,1,3H3/b10-4-. The lowest BCUT2D eigenvalue weighted by atomic mass is 9.95. The van der Waals surface area contributed by atoms with Crippen molar-refractivity contribution in [2.24, 2.45) is 0 Å². The van der Waals surface area contributed by atoms with E-state index in [0.717, 1.165) is 22.4 Å². The van der Waals surface area contributed by atoms with Crippen molar-refractivity contribution in [2.75, 3.05) is 6.54 Å². The van der Waals surface area contributed by atoms with Gasteiger partial charge in [-0.15, -0.1) is 0 Å². The number of benzene rings is 1. The number of amides is 1. The molecule has 1 heterocycles. The van der Waals surface area contributed by atoms with E-state index in [4.69, 9.17) is 0 Å². The van der Waals surface area contributed by atoms with Crippen LogP contribution in [0.1, 0.15) is 25.8 Å². The third-order valence-corrected chi connectivity index (χ3v) is 3.57. The van der Waals surface area contributed by atoms with Crippen LogP contribution < -0.4 is 0 Å². The molecule has 2 nitrogen and oxygen atoms in total. The summed E-state index contributed by atoms with van der Waals surface area (Å²) in [6.07, 6.45) is 8.21. The Hall–Kier alpha value is -2.35. The number of carbonyl (C=O) groups is 1. The molecule has 0 radical (unpaired) electrons. The predicted octanol–water partition coefficient (Wildman–Crippen LogP) is 4.34. The van der Waals surface area contributed by atoms with E-state index < -0.39 is 0 Å². The Labute approximate surface area is 126 Å². The molecule has 108 valence electrons. The van der Waals surface area contributed by atoms with E-state index in [-0.39, 0.29) is 5.91 Å². The minimum atomic E-state index is 0.121. The minimum absolute atomic E-state index is 0.121. The molecule has 0 unspecified atom stereocenters. The van der Waals surface area contributed by atoms with Crippen LogP contribution in [0.4, 0.5) is 0 Å². The third kappa shape index (κ3) is 3.05. The molecule has 0 spiro atoms. The van der Waals surface area contributed by atoms with Gasteiger partial charge in [0.15, 0.2) is 0 Å². The molecule has 0 saturated heterocycles. The molecule has 0 bridgehead atoms. The second-order valence-corrected chi connectivity index (χ2v) is 4.83. The van der Waals surface area contributed by atoms with Crippen molar-refractivity contribution in [1.29, 1.82) is 0 Å². The van der Waals surface area contributed by atoms with Gasteiger partial charge in [-0.2, -0.15) is 0 Å². The normalized spacial score (nSPS) is 16.2. The first-order valence-electron chi connectivity index (χ1n) is 7.28. The average Bonchev–Trinajstić information content (AvgIpc) is 2.65. The van der Waals surface area contributed by atoms with Gasteiger partial charge in [0.2, 0.25) is 5.91 Å². The maximum absolute atomic E-state index is 12.3. The highest BCUT2D eigenvalue weighted by Crippen LogP contribution is 2.32. The molecule has 1 aromatic carbocycles. The van der Waals surface area contributed by atoms with Crippen LogP contribution in [0.3, 0.4) is 0 Å². The molecule has 2 rings (SSSR count). The lowest BCUT2D eigenvalue weighted by Gasteiger charge is -2.22. The molecule has 0 fully saturated rings. The Morgan fingerprint density at radius 3 is 2.57 bits per heavy atom.